The van der Waals surface area contributed by atoms with Gasteiger partial charge in [0.2, 0.25) is 0 Å². The Morgan fingerprint density at radius 2 is 1.85 bits per heavy atom. The fourth-order valence-electron chi connectivity index (χ4n) is 1.82. The van der Waals surface area contributed by atoms with Crippen LogP contribution >= 0.6 is 11.6 Å². The minimum atomic E-state index is -0.469. The van der Waals surface area contributed by atoms with E-state index in [2.05, 4.69) is 26.1 Å². The highest BCUT2D eigenvalue weighted by atomic mass is 35.5. The molecule has 0 amide bonds. The summed E-state index contributed by atoms with van der Waals surface area (Å²) >= 11 is 5.69. The van der Waals surface area contributed by atoms with E-state index < -0.39 is 5.82 Å². The maximum absolute atomic E-state index is 13.5. The maximum Gasteiger partial charge on any atom is 0.183 e. The lowest BCUT2D eigenvalue weighted by molar-refractivity contribution is 0.289. The second-order valence-corrected chi connectivity index (χ2v) is 6.40. The lowest BCUT2D eigenvalue weighted by Crippen LogP contribution is -2.36. The second-order valence-electron chi connectivity index (χ2n) is 5.99. The number of halogens is 2. The Balaban J connectivity index is 2.07. The first-order valence-corrected chi connectivity index (χ1v) is 7.60. The van der Waals surface area contributed by atoms with Gasteiger partial charge < -0.3 is 10.1 Å². The van der Waals surface area contributed by atoms with Crippen molar-refractivity contribution in [2.75, 3.05) is 13.2 Å². The van der Waals surface area contributed by atoms with Gasteiger partial charge in [0.05, 0.1) is 11.6 Å². The van der Waals surface area contributed by atoms with Gasteiger partial charge in [-0.05, 0) is 52.3 Å². The molecule has 0 aliphatic heterocycles. The van der Waals surface area contributed by atoms with Crippen LogP contribution in [0.3, 0.4) is 0 Å². The van der Waals surface area contributed by atoms with E-state index in [9.17, 15) is 4.39 Å². The van der Waals surface area contributed by atoms with E-state index in [0.29, 0.717) is 6.61 Å². The number of hydrogen-bond donors (Lipinski definition) is 1. The molecule has 0 saturated heterocycles. The monoisotopic (exact) mass is 301 g/mol. The van der Waals surface area contributed by atoms with E-state index in [1.54, 1.807) is 12.1 Å². The molecule has 0 heterocycles. The Bertz CT molecular complexity index is 404. The number of unbranched alkanes of at least 4 members (excludes halogenated alkanes) is 3. The summed E-state index contributed by atoms with van der Waals surface area (Å²) in [4.78, 5) is 0. The van der Waals surface area contributed by atoms with Crippen LogP contribution in [0.5, 0.6) is 5.75 Å². The Morgan fingerprint density at radius 3 is 2.55 bits per heavy atom. The Kier molecular flexibility index (Phi) is 7.31. The first kappa shape index (κ1) is 17.3. The highest BCUT2D eigenvalue weighted by Crippen LogP contribution is 2.24. The predicted octanol–water partition coefficient (Wildman–Crippen LogP) is 4.81. The molecule has 0 fully saturated rings. The molecule has 2 nitrogen and oxygen atoms in total. The Hall–Kier alpha value is -0.800. The number of rotatable bonds is 8. The van der Waals surface area contributed by atoms with E-state index in [1.165, 1.54) is 6.07 Å². The average molecular weight is 302 g/mol. The van der Waals surface area contributed by atoms with Crippen molar-refractivity contribution in [3.8, 4) is 5.75 Å². The second kappa shape index (κ2) is 8.48. The third-order valence-electron chi connectivity index (χ3n) is 2.90. The largest absolute Gasteiger partial charge is 0.490 e. The van der Waals surface area contributed by atoms with Crippen molar-refractivity contribution in [2.24, 2.45) is 0 Å². The Morgan fingerprint density at radius 1 is 1.15 bits per heavy atom. The van der Waals surface area contributed by atoms with Crippen LogP contribution in [0.25, 0.3) is 0 Å². The van der Waals surface area contributed by atoms with Crippen molar-refractivity contribution in [3.05, 3.63) is 29.0 Å². The lowest BCUT2D eigenvalue weighted by Gasteiger charge is -2.20. The van der Waals surface area contributed by atoms with Gasteiger partial charge in [0.15, 0.2) is 11.6 Å². The van der Waals surface area contributed by atoms with Gasteiger partial charge in [-0.2, -0.15) is 0 Å². The van der Waals surface area contributed by atoms with E-state index in [1.807, 2.05) is 0 Å². The SMILES string of the molecule is CC(C)(C)NCCCCCCOc1cccc(Cl)c1F. The van der Waals surface area contributed by atoms with Gasteiger partial charge in [-0.3, -0.25) is 0 Å². The molecule has 1 rings (SSSR count). The summed E-state index contributed by atoms with van der Waals surface area (Å²) in [7, 11) is 0. The van der Waals surface area contributed by atoms with Crippen LogP contribution in [0, 0.1) is 5.82 Å². The molecule has 4 heteroatoms. The molecular formula is C16H25ClFNO. The van der Waals surface area contributed by atoms with Crippen molar-refractivity contribution < 1.29 is 9.13 Å². The van der Waals surface area contributed by atoms with Crippen LogP contribution in [-0.2, 0) is 0 Å². The van der Waals surface area contributed by atoms with E-state index in [-0.39, 0.29) is 16.3 Å². The maximum atomic E-state index is 13.5. The van der Waals surface area contributed by atoms with Gasteiger partial charge in [0, 0.05) is 5.54 Å². The number of nitrogens with one attached hydrogen (secondary N) is 1. The van der Waals surface area contributed by atoms with Gasteiger partial charge in [-0.25, -0.2) is 4.39 Å². The third kappa shape index (κ3) is 7.11. The van der Waals surface area contributed by atoms with Crippen LogP contribution in [0.4, 0.5) is 4.39 Å². The summed E-state index contributed by atoms with van der Waals surface area (Å²) in [6, 6.07) is 4.82. The van der Waals surface area contributed by atoms with Crippen LogP contribution in [0.1, 0.15) is 46.5 Å². The van der Waals surface area contributed by atoms with E-state index in [0.717, 1.165) is 32.2 Å². The number of ether oxygens (including phenoxy) is 1. The van der Waals surface area contributed by atoms with Crippen molar-refractivity contribution in [1.29, 1.82) is 0 Å². The smallest absolute Gasteiger partial charge is 0.183 e. The number of hydrogen-bond acceptors (Lipinski definition) is 2. The van der Waals surface area contributed by atoms with E-state index in [4.69, 9.17) is 16.3 Å². The molecule has 1 aromatic rings. The number of benzene rings is 1. The highest BCUT2D eigenvalue weighted by molar-refractivity contribution is 6.30. The zero-order valence-corrected chi connectivity index (χ0v) is 13.4. The fraction of sp³-hybridized carbons (Fsp3) is 0.625. The predicted molar refractivity (Wildman–Crippen MR) is 83.1 cm³/mol. The Labute approximate surface area is 126 Å². The summed E-state index contributed by atoms with van der Waals surface area (Å²) in [6.45, 7) is 8.07. The first-order chi connectivity index (χ1) is 9.40. The zero-order chi connectivity index (χ0) is 15.0. The van der Waals surface area contributed by atoms with Crippen molar-refractivity contribution in [1.82, 2.24) is 5.32 Å². The highest BCUT2D eigenvalue weighted by Gasteiger charge is 2.08. The molecule has 0 radical (unpaired) electrons. The van der Waals surface area contributed by atoms with Crippen LogP contribution in [0.2, 0.25) is 5.02 Å². The normalized spacial score (nSPS) is 11.7. The minimum absolute atomic E-state index is 0.107. The molecule has 114 valence electrons. The van der Waals surface area contributed by atoms with Crippen molar-refractivity contribution in [3.63, 3.8) is 0 Å². The molecule has 0 aliphatic rings. The molecule has 0 aromatic heterocycles. The van der Waals surface area contributed by atoms with Crippen LogP contribution < -0.4 is 10.1 Å². The van der Waals surface area contributed by atoms with Gasteiger partial charge in [0.25, 0.3) is 0 Å². The molecule has 0 bridgehead atoms. The van der Waals surface area contributed by atoms with Gasteiger partial charge in [0.1, 0.15) is 0 Å². The zero-order valence-electron chi connectivity index (χ0n) is 12.6. The van der Waals surface area contributed by atoms with Crippen molar-refractivity contribution in [2.45, 2.75) is 52.0 Å². The van der Waals surface area contributed by atoms with Crippen LogP contribution in [-0.4, -0.2) is 18.7 Å². The molecule has 20 heavy (non-hydrogen) atoms. The first-order valence-electron chi connectivity index (χ1n) is 7.22. The summed E-state index contributed by atoms with van der Waals surface area (Å²) in [6.07, 6.45) is 4.34. The quantitative estimate of drug-likeness (QED) is 0.696. The summed E-state index contributed by atoms with van der Waals surface area (Å²) in [5.74, 6) is -0.226. The summed E-state index contributed by atoms with van der Waals surface area (Å²) < 4.78 is 18.9. The summed E-state index contributed by atoms with van der Waals surface area (Å²) in [5, 5.41) is 3.56. The van der Waals surface area contributed by atoms with E-state index >= 15 is 0 Å². The topological polar surface area (TPSA) is 21.3 Å². The molecular weight excluding hydrogens is 277 g/mol. The van der Waals surface area contributed by atoms with Crippen LogP contribution in [0.15, 0.2) is 18.2 Å². The molecule has 0 atom stereocenters. The molecule has 1 N–H and O–H groups in total. The molecule has 0 unspecified atom stereocenters. The minimum Gasteiger partial charge on any atom is -0.490 e. The third-order valence-corrected chi connectivity index (χ3v) is 3.19. The average Bonchev–Trinajstić information content (AvgIpc) is 2.36. The standard InChI is InChI=1S/C16H25ClFNO/c1-16(2,3)19-11-6-4-5-7-12-20-14-10-8-9-13(17)15(14)18/h8-10,19H,4-7,11-12H2,1-3H3. The summed E-state index contributed by atoms with van der Waals surface area (Å²) in [5.41, 5.74) is 0.188. The molecule has 0 saturated carbocycles. The molecule has 0 spiro atoms. The molecule has 1 aromatic carbocycles. The molecule has 0 aliphatic carbocycles. The van der Waals surface area contributed by atoms with Gasteiger partial charge in [-0.1, -0.05) is 30.5 Å². The fourth-order valence-corrected chi connectivity index (χ4v) is 1.99. The van der Waals surface area contributed by atoms with Crippen molar-refractivity contribution >= 4 is 11.6 Å². The van der Waals surface area contributed by atoms with Gasteiger partial charge >= 0.3 is 0 Å². The lowest BCUT2D eigenvalue weighted by atomic mass is 10.1. The van der Waals surface area contributed by atoms with Gasteiger partial charge in [-0.15, -0.1) is 0 Å².